The summed E-state index contributed by atoms with van der Waals surface area (Å²) in [5.74, 6) is 1.39. The molecule has 0 aromatic carbocycles. The van der Waals surface area contributed by atoms with Crippen LogP contribution in [0.5, 0.6) is 0 Å². The Balaban J connectivity index is 1.36. The van der Waals surface area contributed by atoms with E-state index in [1.807, 2.05) is 24.5 Å². The van der Waals surface area contributed by atoms with Crippen molar-refractivity contribution in [3.63, 3.8) is 0 Å². The average Bonchev–Trinajstić information content (AvgIpc) is 3.07. The van der Waals surface area contributed by atoms with E-state index >= 15 is 0 Å². The zero-order valence-electron chi connectivity index (χ0n) is 13.6. The van der Waals surface area contributed by atoms with Gasteiger partial charge in [-0.15, -0.1) is 0 Å². The number of anilines is 1. The third-order valence-electron chi connectivity index (χ3n) is 4.89. The number of aromatic nitrogens is 3. The highest BCUT2D eigenvalue weighted by Gasteiger charge is 2.43. The fraction of sp³-hybridized carbons (Fsp3) is 0.500. The monoisotopic (exact) mass is 326 g/mol. The third-order valence-corrected chi connectivity index (χ3v) is 4.89. The van der Waals surface area contributed by atoms with Gasteiger partial charge in [-0.25, -0.2) is 4.98 Å². The van der Waals surface area contributed by atoms with E-state index in [0.717, 1.165) is 44.0 Å². The zero-order valence-corrected chi connectivity index (χ0v) is 13.6. The highest BCUT2D eigenvalue weighted by atomic mass is 16.5. The largest absolute Gasteiger partial charge is 0.376 e. The summed E-state index contributed by atoms with van der Waals surface area (Å²) >= 11 is 0. The zero-order chi connectivity index (χ0) is 16.2. The summed E-state index contributed by atoms with van der Waals surface area (Å²) in [6.07, 6.45) is 11.4. The van der Waals surface area contributed by atoms with Crippen LogP contribution in [0.3, 0.4) is 0 Å². The fourth-order valence-electron chi connectivity index (χ4n) is 3.77. The van der Waals surface area contributed by atoms with Crippen LogP contribution in [-0.4, -0.2) is 46.9 Å². The van der Waals surface area contributed by atoms with E-state index in [2.05, 4.69) is 19.9 Å². The molecule has 0 amide bonds. The summed E-state index contributed by atoms with van der Waals surface area (Å²) in [5, 5.41) is 0. The second kappa shape index (κ2) is 7.23. The fourth-order valence-corrected chi connectivity index (χ4v) is 3.77. The lowest BCUT2D eigenvalue weighted by Gasteiger charge is -2.39. The first-order valence-electron chi connectivity index (χ1n) is 8.53. The van der Waals surface area contributed by atoms with Crippen LogP contribution in [0.2, 0.25) is 0 Å². The lowest BCUT2D eigenvalue weighted by atomic mass is 10.0. The molecule has 3 heterocycles. The summed E-state index contributed by atoms with van der Waals surface area (Å²) in [7, 11) is 0. The van der Waals surface area contributed by atoms with Crippen LogP contribution in [0.15, 0.2) is 43.1 Å². The van der Waals surface area contributed by atoms with Crippen molar-refractivity contribution in [1.29, 1.82) is 0 Å². The first-order valence-corrected chi connectivity index (χ1v) is 8.53. The van der Waals surface area contributed by atoms with Crippen molar-refractivity contribution in [3.8, 4) is 0 Å². The first-order chi connectivity index (χ1) is 11.9. The Labute approximate surface area is 141 Å². The van der Waals surface area contributed by atoms with Crippen LogP contribution in [0.25, 0.3) is 0 Å². The van der Waals surface area contributed by atoms with Crippen molar-refractivity contribution < 1.29 is 9.47 Å². The van der Waals surface area contributed by atoms with E-state index in [1.54, 1.807) is 18.6 Å². The van der Waals surface area contributed by atoms with Gasteiger partial charge in [0.05, 0.1) is 38.2 Å². The van der Waals surface area contributed by atoms with E-state index < -0.39 is 0 Å². The molecule has 3 atom stereocenters. The maximum atomic E-state index is 6.09. The molecule has 0 bridgehead atoms. The molecule has 2 aromatic heterocycles. The molecule has 2 aromatic rings. The van der Waals surface area contributed by atoms with Gasteiger partial charge in [0.25, 0.3) is 0 Å². The number of ether oxygens (including phenoxy) is 2. The molecule has 0 spiro atoms. The van der Waals surface area contributed by atoms with Gasteiger partial charge >= 0.3 is 0 Å². The van der Waals surface area contributed by atoms with Gasteiger partial charge in [-0.1, -0.05) is 6.07 Å². The molecule has 2 aliphatic rings. The quantitative estimate of drug-likeness (QED) is 0.838. The van der Waals surface area contributed by atoms with Gasteiger partial charge in [-0.2, -0.15) is 0 Å². The summed E-state index contributed by atoms with van der Waals surface area (Å²) in [5.41, 5.74) is 1.11. The van der Waals surface area contributed by atoms with Crippen molar-refractivity contribution in [2.75, 3.05) is 24.7 Å². The van der Waals surface area contributed by atoms with E-state index in [1.165, 1.54) is 0 Å². The Morgan fingerprint density at radius 3 is 2.96 bits per heavy atom. The molecule has 6 heteroatoms. The predicted octanol–water partition coefficient (Wildman–Crippen LogP) is 2.07. The molecule has 6 nitrogen and oxygen atoms in total. The Hall–Kier alpha value is -2.05. The van der Waals surface area contributed by atoms with E-state index in [4.69, 9.17) is 9.47 Å². The molecule has 1 aliphatic carbocycles. The third kappa shape index (κ3) is 3.25. The molecule has 2 fully saturated rings. The molecule has 0 N–H and O–H groups in total. The number of morpholine rings is 1. The Bertz CT molecular complexity index is 640. The second-order valence-electron chi connectivity index (χ2n) is 6.37. The average molecular weight is 326 g/mol. The van der Waals surface area contributed by atoms with Gasteiger partial charge in [0.15, 0.2) is 0 Å². The van der Waals surface area contributed by atoms with Gasteiger partial charge in [0.2, 0.25) is 0 Å². The number of pyridine rings is 1. The normalized spacial score (nSPS) is 26.3. The predicted molar refractivity (Wildman–Crippen MR) is 89.5 cm³/mol. The molecule has 1 saturated heterocycles. The number of rotatable bonds is 5. The number of hydrogen-bond acceptors (Lipinski definition) is 6. The van der Waals surface area contributed by atoms with Crippen LogP contribution in [0, 0.1) is 5.92 Å². The first kappa shape index (κ1) is 15.5. The minimum atomic E-state index is 0.217. The topological polar surface area (TPSA) is 60.4 Å². The molecule has 126 valence electrons. The molecule has 0 unspecified atom stereocenters. The standard InChI is InChI=1S/C18H22N4O2/c1-2-14(10-19-5-1)12-23-13-15-3-4-16-18(15)24-9-8-22(16)17-11-20-6-7-21-17/h1-2,5-7,10-11,15-16,18H,3-4,8-9,12-13H2/t15-,16-,18+/m0/s1. The summed E-state index contributed by atoms with van der Waals surface area (Å²) in [6.45, 7) is 2.94. The molecule has 4 rings (SSSR count). The summed E-state index contributed by atoms with van der Waals surface area (Å²) < 4.78 is 12.0. The van der Waals surface area contributed by atoms with Crippen LogP contribution in [0.1, 0.15) is 18.4 Å². The van der Waals surface area contributed by atoms with Gasteiger partial charge in [0, 0.05) is 37.3 Å². The molecular formula is C18H22N4O2. The van der Waals surface area contributed by atoms with Crippen LogP contribution in [0.4, 0.5) is 5.82 Å². The molecule has 24 heavy (non-hydrogen) atoms. The number of nitrogens with zero attached hydrogens (tertiary/aromatic N) is 4. The summed E-state index contributed by atoms with van der Waals surface area (Å²) in [4.78, 5) is 15.1. The highest BCUT2D eigenvalue weighted by Crippen LogP contribution is 2.36. The minimum Gasteiger partial charge on any atom is -0.376 e. The molecule has 1 aliphatic heterocycles. The van der Waals surface area contributed by atoms with Crippen molar-refractivity contribution >= 4 is 5.82 Å². The maximum Gasteiger partial charge on any atom is 0.147 e. The second-order valence-corrected chi connectivity index (χ2v) is 6.37. The maximum absolute atomic E-state index is 6.09. The van der Waals surface area contributed by atoms with Crippen molar-refractivity contribution in [2.24, 2.45) is 5.92 Å². The van der Waals surface area contributed by atoms with Gasteiger partial charge in [-0.05, 0) is 24.5 Å². The minimum absolute atomic E-state index is 0.217. The van der Waals surface area contributed by atoms with Crippen molar-refractivity contribution in [1.82, 2.24) is 15.0 Å². The Morgan fingerprint density at radius 1 is 1.17 bits per heavy atom. The van der Waals surface area contributed by atoms with Gasteiger partial charge < -0.3 is 14.4 Å². The van der Waals surface area contributed by atoms with E-state index in [0.29, 0.717) is 18.6 Å². The smallest absolute Gasteiger partial charge is 0.147 e. The van der Waals surface area contributed by atoms with Crippen LogP contribution >= 0.6 is 0 Å². The van der Waals surface area contributed by atoms with Crippen LogP contribution < -0.4 is 4.90 Å². The lowest BCUT2D eigenvalue weighted by molar-refractivity contribution is -0.0309. The van der Waals surface area contributed by atoms with Crippen molar-refractivity contribution in [3.05, 3.63) is 48.7 Å². The Kier molecular flexibility index (Phi) is 4.66. The number of fused-ring (bicyclic) bond motifs is 1. The van der Waals surface area contributed by atoms with E-state index in [-0.39, 0.29) is 6.10 Å². The molecule has 1 saturated carbocycles. The SMILES string of the molecule is c1cncc(COC[C@@H]2CC[C@H]3[C@@H]2OCCN3c2cnccn2)c1. The summed E-state index contributed by atoms with van der Waals surface area (Å²) in [6, 6.07) is 4.35. The molecule has 0 radical (unpaired) electrons. The van der Waals surface area contributed by atoms with Crippen LogP contribution in [-0.2, 0) is 16.1 Å². The van der Waals surface area contributed by atoms with Gasteiger partial charge in [-0.3, -0.25) is 9.97 Å². The van der Waals surface area contributed by atoms with Gasteiger partial charge in [0.1, 0.15) is 5.82 Å². The molecular weight excluding hydrogens is 304 g/mol. The highest BCUT2D eigenvalue weighted by molar-refractivity contribution is 5.38. The number of hydrogen-bond donors (Lipinski definition) is 0. The Morgan fingerprint density at radius 2 is 2.12 bits per heavy atom. The lowest BCUT2D eigenvalue weighted by Crippen LogP contribution is -2.51. The van der Waals surface area contributed by atoms with Crippen molar-refractivity contribution in [2.45, 2.75) is 31.6 Å². The van der Waals surface area contributed by atoms with E-state index in [9.17, 15) is 0 Å².